The first-order valence-electron chi connectivity index (χ1n) is 6.32. The summed E-state index contributed by atoms with van der Waals surface area (Å²) in [7, 11) is 0. The molecule has 0 aliphatic rings. The van der Waals surface area contributed by atoms with Crippen molar-refractivity contribution in [3.05, 3.63) is 35.4 Å². The number of benzene rings is 1. The molecular weight excluding hydrogens is 194 g/mol. The third-order valence-corrected chi connectivity index (χ3v) is 3.17. The molecule has 1 rings (SSSR count). The number of rotatable bonds is 6. The summed E-state index contributed by atoms with van der Waals surface area (Å²) in [6.07, 6.45) is 6.17. The summed E-state index contributed by atoms with van der Waals surface area (Å²) in [5.41, 5.74) is 2.09. The highest BCUT2D eigenvalue weighted by Crippen LogP contribution is 2.28. The van der Waals surface area contributed by atoms with Gasteiger partial charge < -0.3 is 0 Å². The second-order valence-corrected chi connectivity index (χ2v) is 4.30. The van der Waals surface area contributed by atoms with Crippen molar-refractivity contribution in [2.75, 3.05) is 0 Å². The van der Waals surface area contributed by atoms with Crippen LogP contribution in [0.3, 0.4) is 0 Å². The first-order chi connectivity index (χ1) is 7.83. The van der Waals surface area contributed by atoms with Gasteiger partial charge >= 0.3 is 0 Å². The smallest absolute Gasteiger partial charge is 0.0994 e. The van der Waals surface area contributed by atoms with E-state index in [0.29, 0.717) is 5.92 Å². The van der Waals surface area contributed by atoms with E-state index >= 15 is 0 Å². The van der Waals surface area contributed by atoms with Crippen LogP contribution >= 0.6 is 0 Å². The van der Waals surface area contributed by atoms with Gasteiger partial charge in [-0.15, -0.1) is 0 Å². The van der Waals surface area contributed by atoms with Gasteiger partial charge in [0.15, 0.2) is 0 Å². The quantitative estimate of drug-likeness (QED) is 0.634. The van der Waals surface area contributed by atoms with E-state index in [4.69, 9.17) is 5.26 Å². The molecule has 0 radical (unpaired) electrons. The van der Waals surface area contributed by atoms with Gasteiger partial charge in [0.1, 0.15) is 0 Å². The van der Waals surface area contributed by atoms with Crippen molar-refractivity contribution >= 4 is 0 Å². The van der Waals surface area contributed by atoms with E-state index in [2.05, 4.69) is 26.0 Å². The molecule has 0 heterocycles. The molecule has 86 valence electrons. The second kappa shape index (κ2) is 7.06. The lowest BCUT2D eigenvalue weighted by molar-refractivity contribution is 0.552. The highest BCUT2D eigenvalue weighted by atomic mass is 14.3. The van der Waals surface area contributed by atoms with Crippen LogP contribution in [0.1, 0.15) is 63.0 Å². The number of hydrogen-bond donors (Lipinski definition) is 0. The maximum absolute atomic E-state index is 9.08. The topological polar surface area (TPSA) is 23.8 Å². The fraction of sp³-hybridized carbons (Fsp3) is 0.533. The van der Waals surface area contributed by atoms with Crippen LogP contribution in [0.5, 0.6) is 0 Å². The largest absolute Gasteiger partial charge is 0.192 e. The standard InChI is InChI=1S/C15H21N/c1-3-5-6-9-13(4-2)15-11-8-7-10-14(15)12-16/h7-8,10-11,13H,3-6,9H2,1-2H3. The van der Waals surface area contributed by atoms with Crippen LogP contribution in [0.25, 0.3) is 0 Å². The van der Waals surface area contributed by atoms with E-state index in [9.17, 15) is 0 Å². The molecule has 0 aliphatic heterocycles. The number of nitrogens with zero attached hydrogens (tertiary/aromatic N) is 1. The maximum atomic E-state index is 9.08. The van der Waals surface area contributed by atoms with Gasteiger partial charge in [-0.2, -0.15) is 5.26 Å². The van der Waals surface area contributed by atoms with Crippen molar-refractivity contribution < 1.29 is 0 Å². The minimum Gasteiger partial charge on any atom is -0.192 e. The molecule has 1 unspecified atom stereocenters. The van der Waals surface area contributed by atoms with E-state index in [-0.39, 0.29) is 0 Å². The van der Waals surface area contributed by atoms with Crippen LogP contribution in [0.2, 0.25) is 0 Å². The minimum atomic E-state index is 0.558. The van der Waals surface area contributed by atoms with E-state index in [0.717, 1.165) is 12.0 Å². The normalized spacial score (nSPS) is 12.1. The molecule has 16 heavy (non-hydrogen) atoms. The van der Waals surface area contributed by atoms with Crippen molar-refractivity contribution in [2.45, 2.75) is 51.9 Å². The Hall–Kier alpha value is -1.29. The Bertz CT molecular complexity index is 349. The third-order valence-electron chi connectivity index (χ3n) is 3.17. The Morgan fingerprint density at radius 1 is 1.19 bits per heavy atom. The predicted octanol–water partition coefficient (Wildman–Crippen LogP) is 4.63. The third kappa shape index (κ3) is 3.38. The molecule has 0 N–H and O–H groups in total. The van der Waals surface area contributed by atoms with Gasteiger partial charge in [-0.25, -0.2) is 0 Å². The molecule has 0 spiro atoms. The fourth-order valence-corrected chi connectivity index (χ4v) is 2.18. The molecule has 0 bridgehead atoms. The Kier molecular flexibility index (Phi) is 5.64. The Balaban J connectivity index is 2.74. The van der Waals surface area contributed by atoms with Gasteiger partial charge in [0, 0.05) is 0 Å². The van der Waals surface area contributed by atoms with Crippen LogP contribution in [-0.4, -0.2) is 0 Å². The van der Waals surface area contributed by atoms with Gasteiger partial charge in [-0.1, -0.05) is 51.3 Å². The number of unbranched alkanes of at least 4 members (excludes halogenated alkanes) is 2. The van der Waals surface area contributed by atoms with Crippen LogP contribution in [0, 0.1) is 11.3 Å². The Labute approximate surface area is 99.1 Å². The molecule has 0 amide bonds. The first kappa shape index (κ1) is 12.8. The first-order valence-corrected chi connectivity index (χ1v) is 6.32. The summed E-state index contributed by atoms with van der Waals surface area (Å²) in [6, 6.07) is 10.3. The number of hydrogen-bond acceptors (Lipinski definition) is 1. The average molecular weight is 215 g/mol. The Morgan fingerprint density at radius 2 is 1.94 bits per heavy atom. The molecule has 1 heteroatoms. The summed E-state index contributed by atoms with van der Waals surface area (Å²) < 4.78 is 0. The van der Waals surface area contributed by atoms with Gasteiger partial charge in [0.2, 0.25) is 0 Å². The summed E-state index contributed by atoms with van der Waals surface area (Å²) in [6.45, 7) is 4.44. The molecule has 1 aromatic carbocycles. The fourth-order valence-electron chi connectivity index (χ4n) is 2.18. The van der Waals surface area contributed by atoms with Gasteiger partial charge in [-0.3, -0.25) is 0 Å². The zero-order valence-corrected chi connectivity index (χ0v) is 10.4. The van der Waals surface area contributed by atoms with Gasteiger partial charge in [0.05, 0.1) is 11.6 Å². The summed E-state index contributed by atoms with van der Waals surface area (Å²) in [4.78, 5) is 0. The van der Waals surface area contributed by atoms with E-state index < -0.39 is 0 Å². The molecule has 0 aliphatic carbocycles. The molecule has 1 nitrogen and oxygen atoms in total. The molecular formula is C15H21N. The molecule has 0 aromatic heterocycles. The summed E-state index contributed by atoms with van der Waals surface area (Å²) in [5.74, 6) is 0.558. The maximum Gasteiger partial charge on any atom is 0.0994 e. The monoisotopic (exact) mass is 215 g/mol. The van der Waals surface area contributed by atoms with Crippen LogP contribution in [-0.2, 0) is 0 Å². The van der Waals surface area contributed by atoms with Crippen molar-refractivity contribution in [2.24, 2.45) is 0 Å². The molecule has 0 fully saturated rings. The number of nitriles is 1. The minimum absolute atomic E-state index is 0.558. The summed E-state index contributed by atoms with van der Waals surface area (Å²) >= 11 is 0. The van der Waals surface area contributed by atoms with E-state index in [1.54, 1.807) is 0 Å². The van der Waals surface area contributed by atoms with E-state index in [1.807, 2.05) is 18.2 Å². The second-order valence-electron chi connectivity index (χ2n) is 4.30. The van der Waals surface area contributed by atoms with Gasteiger partial charge in [0.25, 0.3) is 0 Å². The van der Waals surface area contributed by atoms with Crippen LogP contribution in [0.4, 0.5) is 0 Å². The van der Waals surface area contributed by atoms with Crippen LogP contribution < -0.4 is 0 Å². The SMILES string of the molecule is CCCCCC(CC)c1ccccc1C#N. The molecule has 1 aromatic rings. The Morgan fingerprint density at radius 3 is 2.56 bits per heavy atom. The zero-order chi connectivity index (χ0) is 11.8. The van der Waals surface area contributed by atoms with Crippen molar-refractivity contribution in [1.29, 1.82) is 5.26 Å². The summed E-state index contributed by atoms with van der Waals surface area (Å²) in [5, 5.41) is 9.08. The average Bonchev–Trinajstić information content (AvgIpc) is 2.35. The lowest BCUT2D eigenvalue weighted by Gasteiger charge is -2.16. The van der Waals surface area contributed by atoms with Crippen LogP contribution in [0.15, 0.2) is 24.3 Å². The lowest BCUT2D eigenvalue weighted by atomic mass is 9.88. The highest BCUT2D eigenvalue weighted by molar-refractivity contribution is 5.39. The van der Waals surface area contributed by atoms with Crippen molar-refractivity contribution in [3.8, 4) is 6.07 Å². The molecule has 1 atom stereocenters. The molecule has 0 saturated heterocycles. The van der Waals surface area contributed by atoms with Crippen molar-refractivity contribution in [1.82, 2.24) is 0 Å². The zero-order valence-electron chi connectivity index (χ0n) is 10.4. The lowest BCUT2D eigenvalue weighted by Crippen LogP contribution is -2.00. The molecule has 0 saturated carbocycles. The van der Waals surface area contributed by atoms with E-state index in [1.165, 1.54) is 31.2 Å². The highest BCUT2D eigenvalue weighted by Gasteiger charge is 2.12. The van der Waals surface area contributed by atoms with Gasteiger partial charge in [-0.05, 0) is 30.4 Å². The van der Waals surface area contributed by atoms with Crippen molar-refractivity contribution in [3.63, 3.8) is 0 Å². The predicted molar refractivity (Wildman–Crippen MR) is 68.3 cm³/mol.